The van der Waals surface area contributed by atoms with Crippen LogP contribution >= 0.6 is 46.4 Å². The zero-order chi connectivity index (χ0) is 8.58. The maximum atomic E-state index is 12.5. The molecule has 0 bridgehead atoms. The highest BCUT2D eigenvalue weighted by atomic mass is 35.6. The molecule has 7 heteroatoms. The molecule has 0 aromatic carbocycles. The third-order valence-electron chi connectivity index (χ3n) is 0.625. The van der Waals surface area contributed by atoms with Crippen LogP contribution in [0.15, 0.2) is 0 Å². The van der Waals surface area contributed by atoms with Gasteiger partial charge in [0.05, 0.1) is 0 Å². The lowest BCUT2D eigenvalue weighted by Crippen LogP contribution is -2.40. The van der Waals surface area contributed by atoms with Gasteiger partial charge >= 0.3 is 11.1 Å². The first-order chi connectivity index (χ1) is 4.19. The minimum Gasteiger partial charge on any atom is -0.478 e. The highest BCUT2D eigenvalue weighted by molar-refractivity contribution is 6.72. The second kappa shape index (κ2) is 2.89. The van der Waals surface area contributed by atoms with E-state index in [1.807, 2.05) is 0 Å². The van der Waals surface area contributed by atoms with Crippen molar-refractivity contribution in [2.45, 2.75) is 8.92 Å². The topological polar surface area (TPSA) is 37.3 Å². The Morgan fingerprint density at radius 3 is 1.60 bits per heavy atom. The zero-order valence-corrected chi connectivity index (χ0v) is 7.27. The van der Waals surface area contributed by atoms with Crippen LogP contribution in [0.1, 0.15) is 0 Å². The monoisotopic (exact) mass is 228 g/mol. The summed E-state index contributed by atoms with van der Waals surface area (Å²) in [6, 6.07) is 0. The molecule has 0 radical (unpaired) electrons. The quantitative estimate of drug-likeness (QED) is 0.701. The van der Waals surface area contributed by atoms with Crippen molar-refractivity contribution in [3.8, 4) is 0 Å². The number of aliphatic carboxylic acids is 1. The van der Waals surface area contributed by atoms with Crippen molar-refractivity contribution in [3.05, 3.63) is 0 Å². The summed E-state index contributed by atoms with van der Waals surface area (Å²) in [6.07, 6.45) is 0. The standard InChI is InChI=1S/C3HCl4FO2/c4-2(8,1(9)10)3(5,6)7/h(H,9,10). The summed E-state index contributed by atoms with van der Waals surface area (Å²) >= 11 is 19.3. The van der Waals surface area contributed by atoms with Crippen LogP contribution in [-0.2, 0) is 4.79 Å². The van der Waals surface area contributed by atoms with E-state index in [0.717, 1.165) is 0 Å². The number of rotatable bonds is 1. The molecular weight excluding hydrogens is 229 g/mol. The van der Waals surface area contributed by atoms with Crippen molar-refractivity contribution in [1.29, 1.82) is 0 Å². The van der Waals surface area contributed by atoms with E-state index in [9.17, 15) is 9.18 Å². The number of carboxylic acids is 1. The van der Waals surface area contributed by atoms with Crippen molar-refractivity contribution in [2.24, 2.45) is 0 Å². The second-order valence-corrected chi connectivity index (χ2v) is 4.18. The highest BCUT2D eigenvalue weighted by Gasteiger charge is 2.55. The molecule has 0 rings (SSSR count). The molecule has 0 aliphatic rings. The van der Waals surface area contributed by atoms with Crippen LogP contribution in [0.5, 0.6) is 0 Å². The molecule has 0 aromatic heterocycles. The molecule has 0 spiro atoms. The van der Waals surface area contributed by atoms with Gasteiger partial charge in [-0.3, -0.25) is 0 Å². The van der Waals surface area contributed by atoms with Gasteiger partial charge in [0.2, 0.25) is 3.79 Å². The van der Waals surface area contributed by atoms with E-state index in [1.165, 1.54) is 0 Å². The summed E-state index contributed by atoms with van der Waals surface area (Å²) < 4.78 is 9.82. The number of alkyl halides is 5. The van der Waals surface area contributed by atoms with E-state index < -0.39 is 14.9 Å². The Labute approximate surface area is 75.8 Å². The smallest absolute Gasteiger partial charge is 0.362 e. The Bertz CT molecular complexity index is 151. The number of carbonyl (C=O) groups is 1. The van der Waals surface area contributed by atoms with E-state index in [1.54, 1.807) is 0 Å². The van der Waals surface area contributed by atoms with Crippen molar-refractivity contribution in [2.75, 3.05) is 0 Å². The number of hydrogen-bond acceptors (Lipinski definition) is 1. The lowest BCUT2D eigenvalue weighted by Gasteiger charge is -2.20. The van der Waals surface area contributed by atoms with Crippen molar-refractivity contribution >= 4 is 52.4 Å². The Balaban J connectivity index is 4.57. The van der Waals surface area contributed by atoms with Crippen LogP contribution in [0.3, 0.4) is 0 Å². The van der Waals surface area contributed by atoms with Crippen LogP contribution in [0.25, 0.3) is 0 Å². The molecule has 1 unspecified atom stereocenters. The molecule has 10 heavy (non-hydrogen) atoms. The summed E-state index contributed by atoms with van der Waals surface area (Å²) in [5.41, 5.74) is 0. The summed E-state index contributed by atoms with van der Waals surface area (Å²) in [5.74, 6) is -2.03. The van der Waals surface area contributed by atoms with E-state index >= 15 is 0 Å². The molecule has 0 heterocycles. The largest absolute Gasteiger partial charge is 0.478 e. The van der Waals surface area contributed by atoms with Gasteiger partial charge in [-0.05, 0) is 0 Å². The van der Waals surface area contributed by atoms with Crippen molar-refractivity contribution in [1.82, 2.24) is 0 Å². The fraction of sp³-hybridized carbons (Fsp3) is 0.667. The zero-order valence-electron chi connectivity index (χ0n) is 4.25. The van der Waals surface area contributed by atoms with Gasteiger partial charge in [0.25, 0.3) is 0 Å². The van der Waals surface area contributed by atoms with Crippen LogP contribution in [-0.4, -0.2) is 20.0 Å². The lowest BCUT2D eigenvalue weighted by molar-refractivity contribution is -0.145. The number of hydrogen-bond donors (Lipinski definition) is 1. The van der Waals surface area contributed by atoms with Crippen molar-refractivity contribution in [3.63, 3.8) is 0 Å². The predicted molar refractivity (Wildman–Crippen MR) is 37.6 cm³/mol. The Kier molecular flexibility index (Phi) is 3.06. The predicted octanol–water partition coefficient (Wildman–Crippen LogP) is 2.35. The molecule has 0 aliphatic carbocycles. The van der Waals surface area contributed by atoms with Gasteiger partial charge in [-0.25, -0.2) is 9.18 Å². The SMILES string of the molecule is O=C(O)C(F)(Cl)C(Cl)(Cl)Cl. The second-order valence-electron chi connectivity index (χ2n) is 1.38. The fourth-order valence-corrected chi connectivity index (χ4v) is 0.364. The molecule has 0 fully saturated rings. The number of halogens is 5. The number of carboxylic acid groups (broad SMARTS) is 1. The molecule has 0 aliphatic heterocycles. The molecule has 0 aromatic rings. The lowest BCUT2D eigenvalue weighted by atomic mass is 10.4. The summed E-state index contributed by atoms with van der Waals surface area (Å²) in [4.78, 5) is 9.91. The van der Waals surface area contributed by atoms with Crippen LogP contribution in [0, 0.1) is 0 Å². The first-order valence-corrected chi connectivity index (χ1v) is 3.38. The Morgan fingerprint density at radius 2 is 1.60 bits per heavy atom. The summed E-state index contributed by atoms with van der Waals surface area (Å²) in [7, 11) is 0. The third-order valence-corrected chi connectivity index (χ3v) is 2.14. The molecule has 2 nitrogen and oxygen atoms in total. The van der Waals surface area contributed by atoms with Crippen LogP contribution in [0.2, 0.25) is 0 Å². The Hall–Kier alpha value is 0.560. The Morgan fingerprint density at radius 1 is 1.30 bits per heavy atom. The van der Waals surface area contributed by atoms with E-state index in [4.69, 9.17) is 39.9 Å². The van der Waals surface area contributed by atoms with Gasteiger partial charge in [-0.2, -0.15) is 0 Å². The summed E-state index contributed by atoms with van der Waals surface area (Å²) in [6.45, 7) is 0. The minimum absolute atomic E-state index is 2.03. The first kappa shape index (κ1) is 10.6. The molecule has 0 amide bonds. The van der Waals surface area contributed by atoms with Crippen LogP contribution < -0.4 is 0 Å². The van der Waals surface area contributed by atoms with Gasteiger partial charge in [0.15, 0.2) is 0 Å². The molecule has 1 N–H and O–H groups in total. The third kappa shape index (κ3) is 2.02. The van der Waals surface area contributed by atoms with Gasteiger partial charge in [-0.1, -0.05) is 46.4 Å². The molecular formula is C3HCl4FO2. The van der Waals surface area contributed by atoms with E-state index in [2.05, 4.69) is 11.6 Å². The average molecular weight is 230 g/mol. The maximum absolute atomic E-state index is 12.5. The molecule has 60 valence electrons. The molecule has 1 atom stereocenters. The fourth-order valence-electron chi connectivity index (χ4n) is 0.121. The summed E-state index contributed by atoms with van der Waals surface area (Å²) in [5, 5.41) is 4.64. The average Bonchev–Trinajstić information content (AvgIpc) is 1.62. The normalized spacial score (nSPS) is 18.1. The van der Waals surface area contributed by atoms with Gasteiger partial charge < -0.3 is 5.11 Å². The van der Waals surface area contributed by atoms with E-state index in [-0.39, 0.29) is 0 Å². The van der Waals surface area contributed by atoms with Gasteiger partial charge in [-0.15, -0.1) is 0 Å². The van der Waals surface area contributed by atoms with Crippen LogP contribution in [0.4, 0.5) is 4.39 Å². The van der Waals surface area contributed by atoms with Crippen molar-refractivity contribution < 1.29 is 14.3 Å². The molecule has 0 saturated heterocycles. The van der Waals surface area contributed by atoms with Gasteiger partial charge in [0, 0.05) is 0 Å². The highest BCUT2D eigenvalue weighted by Crippen LogP contribution is 2.43. The van der Waals surface area contributed by atoms with E-state index in [0.29, 0.717) is 0 Å². The maximum Gasteiger partial charge on any atom is 0.362 e. The first-order valence-electron chi connectivity index (χ1n) is 1.87. The molecule has 0 saturated carbocycles. The minimum atomic E-state index is -3.38. The van der Waals surface area contributed by atoms with Gasteiger partial charge in [0.1, 0.15) is 0 Å².